The highest BCUT2D eigenvalue weighted by Crippen LogP contribution is 2.29. The molecule has 0 unspecified atom stereocenters. The number of aromatic nitrogens is 4. The van der Waals surface area contributed by atoms with Gasteiger partial charge in [-0.3, -0.25) is 0 Å². The number of nitrogen functional groups attached to an aromatic ring is 1. The number of thioether (sulfide) groups is 1. The van der Waals surface area contributed by atoms with E-state index in [0.717, 1.165) is 34.0 Å². The topological polar surface area (TPSA) is 82.1 Å². The molecule has 0 saturated carbocycles. The molecule has 0 atom stereocenters. The second kappa shape index (κ2) is 7.18. The van der Waals surface area contributed by atoms with Crippen LogP contribution in [0.5, 0.6) is 5.75 Å². The summed E-state index contributed by atoms with van der Waals surface area (Å²) < 4.78 is 7.38. The van der Waals surface area contributed by atoms with E-state index >= 15 is 0 Å². The minimum atomic E-state index is 0.601. The maximum atomic E-state index is 6.04. The van der Waals surface area contributed by atoms with Gasteiger partial charge in [0.15, 0.2) is 22.1 Å². The summed E-state index contributed by atoms with van der Waals surface area (Å²) in [5.74, 6) is 2.27. The molecule has 0 radical (unpaired) electrons. The van der Waals surface area contributed by atoms with Crippen molar-refractivity contribution in [3.05, 3.63) is 30.1 Å². The number of hydrogen-bond donors (Lipinski definition) is 1. The van der Waals surface area contributed by atoms with Crippen molar-refractivity contribution in [1.82, 2.24) is 19.5 Å². The largest absolute Gasteiger partial charge is 0.492 e. The van der Waals surface area contributed by atoms with Gasteiger partial charge >= 0.3 is 0 Å². The van der Waals surface area contributed by atoms with Crippen molar-refractivity contribution in [2.24, 2.45) is 7.05 Å². The molecule has 7 nitrogen and oxygen atoms in total. The quantitative estimate of drug-likeness (QED) is 0.412. The van der Waals surface area contributed by atoms with Crippen LogP contribution in [0.3, 0.4) is 0 Å². The van der Waals surface area contributed by atoms with E-state index in [0.29, 0.717) is 17.5 Å². The molecule has 0 aliphatic carbocycles. The fourth-order valence-corrected chi connectivity index (χ4v) is 3.25. The second-order valence-electron chi connectivity index (χ2n) is 5.85. The Morgan fingerprint density at radius 3 is 2.76 bits per heavy atom. The Morgan fingerprint density at radius 1 is 1.28 bits per heavy atom. The van der Waals surface area contributed by atoms with E-state index in [1.165, 1.54) is 0 Å². The first-order chi connectivity index (χ1) is 12.0. The fourth-order valence-electron chi connectivity index (χ4n) is 2.47. The van der Waals surface area contributed by atoms with E-state index in [9.17, 15) is 0 Å². The van der Waals surface area contributed by atoms with Crippen LogP contribution in [0.4, 0.5) is 11.5 Å². The molecular formula is C17H22N6OS. The summed E-state index contributed by atoms with van der Waals surface area (Å²) in [6, 6.07) is 5.86. The number of ether oxygens (including phenoxy) is 1. The Hall–Kier alpha value is -2.48. The number of anilines is 2. The highest BCUT2D eigenvalue weighted by Gasteiger charge is 2.14. The number of nitrogens with two attached hydrogens (primary N) is 1. The second-order valence-corrected chi connectivity index (χ2v) is 6.79. The molecule has 0 bridgehead atoms. The molecule has 1 aromatic carbocycles. The highest BCUT2D eigenvalue weighted by atomic mass is 32.2. The molecule has 0 aliphatic rings. The number of rotatable bonds is 6. The zero-order valence-electron chi connectivity index (χ0n) is 14.9. The molecule has 0 amide bonds. The number of imidazole rings is 1. The van der Waals surface area contributed by atoms with Gasteiger partial charge in [0, 0.05) is 26.9 Å². The Morgan fingerprint density at radius 2 is 2.08 bits per heavy atom. The van der Waals surface area contributed by atoms with Gasteiger partial charge in [0.25, 0.3) is 0 Å². The maximum absolute atomic E-state index is 6.04. The van der Waals surface area contributed by atoms with Crippen LogP contribution in [0, 0.1) is 0 Å². The van der Waals surface area contributed by atoms with Gasteiger partial charge in [0.05, 0.1) is 18.6 Å². The van der Waals surface area contributed by atoms with Crippen LogP contribution < -0.4 is 15.4 Å². The highest BCUT2D eigenvalue weighted by molar-refractivity contribution is 7.98. The summed E-state index contributed by atoms with van der Waals surface area (Å²) >= 11 is 1.57. The Bertz CT molecular complexity index is 892. The lowest BCUT2D eigenvalue weighted by Crippen LogP contribution is -2.12. The number of aryl methyl sites for hydroxylation is 1. The van der Waals surface area contributed by atoms with Gasteiger partial charge in [0.2, 0.25) is 0 Å². The number of fused-ring (bicyclic) bond motifs is 1. The van der Waals surface area contributed by atoms with Gasteiger partial charge in [-0.15, -0.1) is 0 Å². The fraction of sp³-hybridized carbons (Fsp3) is 0.353. The zero-order chi connectivity index (χ0) is 18.0. The van der Waals surface area contributed by atoms with Gasteiger partial charge in [-0.05, 0) is 24.6 Å². The molecule has 2 N–H and O–H groups in total. The molecule has 2 heterocycles. The predicted molar refractivity (Wildman–Crippen MR) is 102 cm³/mol. The van der Waals surface area contributed by atoms with Crippen LogP contribution in [0.15, 0.2) is 29.7 Å². The van der Waals surface area contributed by atoms with Crippen molar-refractivity contribution in [2.45, 2.75) is 17.8 Å². The molecule has 3 aromatic rings. The minimum absolute atomic E-state index is 0.601. The first-order valence-corrected chi connectivity index (χ1v) is 8.98. The standard InChI is InChI=1S/C17H22N6OS/c1-5-24-13-7-6-11(8-12(13)18)9-25-17-20-15(22(2)3)14-16(21-17)23(4)10-19-14/h6-8,10H,5,9,18H2,1-4H3. The third-order valence-corrected chi connectivity index (χ3v) is 4.60. The summed E-state index contributed by atoms with van der Waals surface area (Å²) in [6.45, 7) is 2.54. The van der Waals surface area contributed by atoms with E-state index < -0.39 is 0 Å². The van der Waals surface area contributed by atoms with Gasteiger partial charge in [-0.2, -0.15) is 0 Å². The minimum Gasteiger partial charge on any atom is -0.492 e. The summed E-state index contributed by atoms with van der Waals surface area (Å²) in [5, 5.41) is 0.715. The van der Waals surface area contributed by atoms with E-state index in [2.05, 4.69) is 15.0 Å². The van der Waals surface area contributed by atoms with Crippen LogP contribution in [0.1, 0.15) is 12.5 Å². The van der Waals surface area contributed by atoms with Crippen molar-refractivity contribution in [3.63, 3.8) is 0 Å². The molecule has 25 heavy (non-hydrogen) atoms. The lowest BCUT2D eigenvalue weighted by Gasteiger charge is -2.13. The van der Waals surface area contributed by atoms with Gasteiger partial charge < -0.3 is 19.9 Å². The van der Waals surface area contributed by atoms with E-state index in [1.807, 2.05) is 55.7 Å². The van der Waals surface area contributed by atoms with Crippen molar-refractivity contribution in [1.29, 1.82) is 0 Å². The van der Waals surface area contributed by atoms with Gasteiger partial charge in [0.1, 0.15) is 5.75 Å². The van der Waals surface area contributed by atoms with Crippen molar-refractivity contribution in [3.8, 4) is 5.75 Å². The SMILES string of the molecule is CCOc1ccc(CSc2nc(N(C)C)c3ncn(C)c3n2)cc1N. The molecule has 2 aromatic heterocycles. The Kier molecular flexibility index (Phi) is 4.98. The Balaban J connectivity index is 1.83. The van der Waals surface area contributed by atoms with Crippen molar-refractivity contribution < 1.29 is 4.74 Å². The molecule has 132 valence electrons. The normalized spacial score (nSPS) is 11.0. The summed E-state index contributed by atoms with van der Waals surface area (Å²) in [7, 11) is 5.85. The summed E-state index contributed by atoms with van der Waals surface area (Å²) in [6.07, 6.45) is 1.76. The molecule has 0 saturated heterocycles. The van der Waals surface area contributed by atoms with Crippen LogP contribution in [-0.2, 0) is 12.8 Å². The number of hydrogen-bond acceptors (Lipinski definition) is 7. The van der Waals surface area contributed by atoms with Gasteiger partial charge in [-0.1, -0.05) is 17.8 Å². The third kappa shape index (κ3) is 3.63. The third-order valence-electron chi connectivity index (χ3n) is 3.69. The molecule has 0 aliphatic heterocycles. The summed E-state index contributed by atoms with van der Waals surface area (Å²) in [5.41, 5.74) is 9.42. The molecule has 3 rings (SSSR count). The zero-order valence-corrected chi connectivity index (χ0v) is 15.7. The average molecular weight is 358 g/mol. The van der Waals surface area contributed by atoms with Crippen LogP contribution in [-0.4, -0.2) is 40.2 Å². The lowest BCUT2D eigenvalue weighted by atomic mass is 10.2. The lowest BCUT2D eigenvalue weighted by molar-refractivity contribution is 0.342. The maximum Gasteiger partial charge on any atom is 0.191 e. The van der Waals surface area contributed by atoms with E-state index in [-0.39, 0.29) is 0 Å². The molecule has 0 spiro atoms. The van der Waals surface area contributed by atoms with Gasteiger partial charge in [-0.25, -0.2) is 15.0 Å². The van der Waals surface area contributed by atoms with Crippen molar-refractivity contribution in [2.75, 3.05) is 31.3 Å². The predicted octanol–water partition coefficient (Wildman–Crippen LogP) is 2.70. The molecule has 8 heteroatoms. The first kappa shape index (κ1) is 17.3. The van der Waals surface area contributed by atoms with Crippen LogP contribution in [0.25, 0.3) is 11.2 Å². The smallest absolute Gasteiger partial charge is 0.191 e. The monoisotopic (exact) mass is 358 g/mol. The van der Waals surface area contributed by atoms with Crippen molar-refractivity contribution >= 4 is 34.4 Å². The van der Waals surface area contributed by atoms with Crippen LogP contribution >= 0.6 is 11.8 Å². The number of nitrogens with zero attached hydrogens (tertiary/aromatic N) is 5. The van der Waals surface area contributed by atoms with E-state index in [1.54, 1.807) is 18.1 Å². The Labute approximate surface area is 151 Å². The average Bonchev–Trinajstić information content (AvgIpc) is 2.96. The van der Waals surface area contributed by atoms with E-state index in [4.69, 9.17) is 10.5 Å². The van der Waals surface area contributed by atoms with Crippen LogP contribution in [0.2, 0.25) is 0 Å². The molecule has 0 fully saturated rings. The number of benzene rings is 1. The first-order valence-electron chi connectivity index (χ1n) is 8.00. The summed E-state index contributed by atoms with van der Waals surface area (Å²) in [4.78, 5) is 15.6. The molecular weight excluding hydrogens is 336 g/mol.